The monoisotopic (exact) mass is 274 g/mol. The average Bonchev–Trinajstić information content (AvgIpc) is 2.74. The molecule has 1 aliphatic rings. The Morgan fingerprint density at radius 3 is 2.63 bits per heavy atom. The van der Waals surface area contributed by atoms with Crippen LogP contribution in [0.3, 0.4) is 0 Å². The second-order valence-electron chi connectivity index (χ2n) is 4.49. The minimum atomic E-state index is -4.59. The normalized spacial score (nSPS) is 19.8. The number of carbonyl (C=O) groups is 1. The molecule has 0 bridgehead atoms. The van der Waals surface area contributed by atoms with E-state index in [1.54, 1.807) is 0 Å². The molecule has 3 N–H and O–H groups in total. The zero-order valence-corrected chi connectivity index (χ0v) is 9.94. The second-order valence-corrected chi connectivity index (χ2v) is 4.49. The third kappa shape index (κ3) is 2.81. The number of hydrogen-bond donors (Lipinski definition) is 2. The maximum absolute atomic E-state index is 12.7. The molecule has 1 heterocycles. The van der Waals surface area contributed by atoms with E-state index in [0.29, 0.717) is 13.0 Å². The van der Waals surface area contributed by atoms with Crippen LogP contribution in [0.5, 0.6) is 0 Å². The van der Waals surface area contributed by atoms with Gasteiger partial charge in [0.15, 0.2) is 0 Å². The summed E-state index contributed by atoms with van der Waals surface area (Å²) in [5, 5.41) is 9.33. The summed E-state index contributed by atoms with van der Waals surface area (Å²) in [6.07, 6.45) is -4.77. The zero-order chi connectivity index (χ0) is 14.2. The Morgan fingerprint density at radius 1 is 1.42 bits per heavy atom. The summed E-state index contributed by atoms with van der Waals surface area (Å²) in [7, 11) is 0. The molecule has 1 atom stereocenters. The number of β-amino-alcohol motifs (C(OH)–C–C–N with tert-alkyl or cyclic N) is 1. The molecule has 2 rings (SSSR count). The van der Waals surface area contributed by atoms with Crippen LogP contribution < -0.4 is 5.73 Å². The quantitative estimate of drug-likeness (QED) is 0.763. The topological polar surface area (TPSA) is 66.6 Å². The van der Waals surface area contributed by atoms with E-state index in [2.05, 4.69) is 0 Å². The molecule has 19 heavy (non-hydrogen) atoms. The number of aliphatic hydroxyl groups is 1. The van der Waals surface area contributed by atoms with Gasteiger partial charge in [-0.1, -0.05) is 0 Å². The fourth-order valence-corrected chi connectivity index (χ4v) is 2.04. The summed E-state index contributed by atoms with van der Waals surface area (Å²) in [6, 6.07) is 3.09. The molecule has 1 aromatic rings. The molecular weight excluding hydrogens is 261 g/mol. The smallest absolute Gasteiger partial charge is 0.398 e. The maximum atomic E-state index is 12.7. The number of halogens is 3. The molecule has 104 valence electrons. The molecule has 0 aromatic heterocycles. The van der Waals surface area contributed by atoms with Gasteiger partial charge in [0.25, 0.3) is 5.91 Å². The number of anilines is 1. The molecule has 1 aromatic carbocycles. The van der Waals surface area contributed by atoms with Gasteiger partial charge < -0.3 is 15.7 Å². The molecule has 7 heteroatoms. The standard InChI is InChI=1S/C12H13F3N2O2/c13-12(14,15)9-5-7(1-2-10(9)16)11(19)17-4-3-8(18)6-17/h1-2,5,8,18H,3-4,6,16H2. The number of rotatable bonds is 1. The predicted octanol–water partition coefficient (Wildman–Crippen LogP) is 1.49. The first kappa shape index (κ1) is 13.7. The largest absolute Gasteiger partial charge is 0.418 e. The van der Waals surface area contributed by atoms with Gasteiger partial charge >= 0.3 is 6.18 Å². The van der Waals surface area contributed by atoms with Crippen LogP contribution in [0, 0.1) is 0 Å². The van der Waals surface area contributed by atoms with Crippen LogP contribution in [0.4, 0.5) is 18.9 Å². The van der Waals surface area contributed by atoms with E-state index in [1.165, 1.54) is 11.0 Å². The van der Waals surface area contributed by atoms with Gasteiger partial charge in [-0.05, 0) is 24.6 Å². The van der Waals surface area contributed by atoms with Crippen LogP contribution in [0.2, 0.25) is 0 Å². The van der Waals surface area contributed by atoms with Crippen molar-refractivity contribution in [2.24, 2.45) is 0 Å². The highest BCUT2D eigenvalue weighted by Crippen LogP contribution is 2.34. The molecular formula is C12H13F3N2O2. The van der Waals surface area contributed by atoms with Gasteiger partial charge in [-0.3, -0.25) is 4.79 Å². The Hall–Kier alpha value is -1.76. The fourth-order valence-electron chi connectivity index (χ4n) is 2.04. The number of nitrogens with two attached hydrogens (primary N) is 1. The summed E-state index contributed by atoms with van der Waals surface area (Å²) in [4.78, 5) is 13.3. The van der Waals surface area contributed by atoms with Crippen molar-refractivity contribution in [1.29, 1.82) is 0 Å². The summed E-state index contributed by atoms with van der Waals surface area (Å²) in [6.45, 7) is 0.482. The number of carbonyl (C=O) groups excluding carboxylic acids is 1. The molecule has 0 saturated carbocycles. The number of amides is 1. The van der Waals surface area contributed by atoms with Crippen molar-refractivity contribution in [1.82, 2.24) is 4.90 Å². The van der Waals surface area contributed by atoms with Gasteiger partial charge in [0.1, 0.15) is 0 Å². The number of nitrogens with zero attached hydrogens (tertiary/aromatic N) is 1. The molecule has 0 aliphatic carbocycles. The number of aliphatic hydroxyl groups excluding tert-OH is 1. The van der Waals surface area contributed by atoms with Gasteiger partial charge in [-0.15, -0.1) is 0 Å². The van der Waals surface area contributed by atoms with Crippen LogP contribution in [0.25, 0.3) is 0 Å². The first-order valence-corrected chi connectivity index (χ1v) is 5.73. The lowest BCUT2D eigenvalue weighted by atomic mass is 10.1. The van der Waals surface area contributed by atoms with Crippen LogP contribution in [-0.4, -0.2) is 35.1 Å². The van der Waals surface area contributed by atoms with Gasteiger partial charge in [-0.2, -0.15) is 13.2 Å². The molecule has 1 aliphatic heterocycles. The lowest BCUT2D eigenvalue weighted by Gasteiger charge is -2.17. The fraction of sp³-hybridized carbons (Fsp3) is 0.417. The van der Waals surface area contributed by atoms with Crippen molar-refractivity contribution >= 4 is 11.6 Å². The van der Waals surface area contributed by atoms with E-state index >= 15 is 0 Å². The predicted molar refractivity (Wildman–Crippen MR) is 62.4 cm³/mol. The average molecular weight is 274 g/mol. The van der Waals surface area contributed by atoms with Crippen molar-refractivity contribution in [3.63, 3.8) is 0 Å². The van der Waals surface area contributed by atoms with Crippen LogP contribution in [0.1, 0.15) is 22.3 Å². The van der Waals surface area contributed by atoms with E-state index in [4.69, 9.17) is 5.73 Å². The van der Waals surface area contributed by atoms with E-state index in [9.17, 15) is 23.1 Å². The van der Waals surface area contributed by atoms with E-state index in [0.717, 1.165) is 12.1 Å². The number of nitrogen functional groups attached to an aromatic ring is 1. The maximum Gasteiger partial charge on any atom is 0.418 e. The first-order valence-electron chi connectivity index (χ1n) is 5.73. The molecule has 4 nitrogen and oxygen atoms in total. The third-order valence-electron chi connectivity index (χ3n) is 3.06. The third-order valence-corrected chi connectivity index (χ3v) is 3.06. The highest BCUT2D eigenvalue weighted by Gasteiger charge is 2.34. The van der Waals surface area contributed by atoms with Gasteiger partial charge in [0.05, 0.1) is 11.7 Å². The summed E-state index contributed by atoms with van der Waals surface area (Å²) in [5.41, 5.74) is 3.77. The van der Waals surface area contributed by atoms with Crippen LogP contribution in [0.15, 0.2) is 18.2 Å². The molecule has 1 fully saturated rings. The first-order chi connectivity index (χ1) is 8.79. The van der Waals surface area contributed by atoms with Gasteiger partial charge in [0, 0.05) is 24.3 Å². The number of benzene rings is 1. The Kier molecular flexibility index (Phi) is 3.40. The Morgan fingerprint density at radius 2 is 2.11 bits per heavy atom. The zero-order valence-electron chi connectivity index (χ0n) is 9.94. The Labute approximate surface area is 107 Å². The van der Waals surface area contributed by atoms with Gasteiger partial charge in [0.2, 0.25) is 0 Å². The van der Waals surface area contributed by atoms with E-state index in [1.807, 2.05) is 0 Å². The van der Waals surface area contributed by atoms with Gasteiger partial charge in [-0.25, -0.2) is 0 Å². The highest BCUT2D eigenvalue weighted by atomic mass is 19.4. The lowest BCUT2D eigenvalue weighted by molar-refractivity contribution is -0.136. The molecule has 0 radical (unpaired) electrons. The van der Waals surface area contributed by atoms with Crippen molar-refractivity contribution in [3.8, 4) is 0 Å². The Balaban J connectivity index is 2.28. The van der Waals surface area contributed by atoms with E-state index in [-0.39, 0.29) is 12.1 Å². The van der Waals surface area contributed by atoms with Crippen molar-refractivity contribution < 1.29 is 23.1 Å². The van der Waals surface area contributed by atoms with Crippen molar-refractivity contribution in [2.45, 2.75) is 18.7 Å². The summed E-state index contributed by atoms with van der Waals surface area (Å²) >= 11 is 0. The lowest BCUT2D eigenvalue weighted by Crippen LogP contribution is -2.29. The van der Waals surface area contributed by atoms with E-state index < -0.39 is 29.4 Å². The summed E-state index contributed by atoms with van der Waals surface area (Å²) in [5.74, 6) is -0.526. The van der Waals surface area contributed by atoms with Crippen LogP contribution in [-0.2, 0) is 6.18 Å². The highest BCUT2D eigenvalue weighted by molar-refractivity contribution is 5.95. The Bertz CT molecular complexity index is 502. The van der Waals surface area contributed by atoms with Crippen LogP contribution >= 0.6 is 0 Å². The molecule has 0 spiro atoms. The van der Waals surface area contributed by atoms with Crippen molar-refractivity contribution in [2.75, 3.05) is 18.8 Å². The minimum Gasteiger partial charge on any atom is -0.398 e. The second kappa shape index (κ2) is 4.73. The number of alkyl halides is 3. The van der Waals surface area contributed by atoms with Crippen molar-refractivity contribution in [3.05, 3.63) is 29.3 Å². The number of hydrogen-bond acceptors (Lipinski definition) is 3. The summed E-state index contributed by atoms with van der Waals surface area (Å²) < 4.78 is 38.1. The molecule has 1 unspecified atom stereocenters. The molecule has 1 amide bonds. The minimum absolute atomic E-state index is 0.0735. The molecule has 1 saturated heterocycles. The SMILES string of the molecule is Nc1ccc(C(=O)N2CCC(O)C2)cc1C(F)(F)F. The number of likely N-dealkylation sites (tertiary alicyclic amines) is 1.